The number of nitrogens with zero attached hydrogens (tertiary/aromatic N) is 3. The fraction of sp³-hybridized carbons (Fsp3) is 0.733. The van der Waals surface area contributed by atoms with Gasteiger partial charge in [0.05, 0.1) is 12.3 Å². The number of ether oxygens (including phenoxy) is 1. The quantitative estimate of drug-likeness (QED) is 0.756. The molecule has 21 heavy (non-hydrogen) atoms. The highest BCUT2D eigenvalue weighted by atomic mass is 16.5. The summed E-state index contributed by atoms with van der Waals surface area (Å²) in [4.78, 5) is 14.0. The molecule has 0 radical (unpaired) electrons. The summed E-state index contributed by atoms with van der Waals surface area (Å²) in [5, 5.41) is 6.99. The molecule has 1 amide bonds. The van der Waals surface area contributed by atoms with Crippen molar-refractivity contribution in [2.75, 3.05) is 33.3 Å². The third-order valence-electron chi connectivity index (χ3n) is 3.73. The van der Waals surface area contributed by atoms with Crippen LogP contribution < -0.4 is 5.32 Å². The number of nitrogens with one attached hydrogen (secondary N) is 1. The molecule has 0 aromatic carbocycles. The van der Waals surface area contributed by atoms with Crippen molar-refractivity contribution in [1.82, 2.24) is 20.0 Å². The number of hydrogen-bond acceptors (Lipinski definition) is 4. The normalized spacial score (nSPS) is 17.0. The van der Waals surface area contributed by atoms with Crippen LogP contribution >= 0.6 is 0 Å². The van der Waals surface area contributed by atoms with Crippen LogP contribution in [0.2, 0.25) is 0 Å². The number of carbonyl (C=O) groups excluding carboxylic acids is 1. The third-order valence-corrected chi connectivity index (χ3v) is 3.73. The van der Waals surface area contributed by atoms with E-state index >= 15 is 0 Å². The van der Waals surface area contributed by atoms with Crippen molar-refractivity contribution in [3.63, 3.8) is 0 Å². The summed E-state index contributed by atoms with van der Waals surface area (Å²) >= 11 is 0. The van der Waals surface area contributed by atoms with Crippen LogP contribution in [0.3, 0.4) is 0 Å². The van der Waals surface area contributed by atoms with Gasteiger partial charge in [-0.2, -0.15) is 5.10 Å². The minimum absolute atomic E-state index is 0.00242. The van der Waals surface area contributed by atoms with Gasteiger partial charge in [-0.1, -0.05) is 0 Å². The Balaban J connectivity index is 1.50. The number of amides is 1. The molecule has 1 fully saturated rings. The molecule has 1 aromatic heterocycles. The molecule has 0 spiro atoms. The summed E-state index contributed by atoms with van der Waals surface area (Å²) in [6, 6.07) is 0. The molecule has 1 aliphatic heterocycles. The van der Waals surface area contributed by atoms with Crippen molar-refractivity contribution in [2.24, 2.45) is 0 Å². The van der Waals surface area contributed by atoms with E-state index in [-0.39, 0.29) is 12.5 Å². The van der Waals surface area contributed by atoms with Crippen molar-refractivity contribution < 1.29 is 9.53 Å². The van der Waals surface area contributed by atoms with Crippen molar-refractivity contribution >= 4 is 5.91 Å². The summed E-state index contributed by atoms with van der Waals surface area (Å²) < 4.78 is 7.49. The lowest BCUT2D eigenvalue weighted by atomic mass is 10.1. The Kier molecular flexibility index (Phi) is 6.20. The van der Waals surface area contributed by atoms with Gasteiger partial charge >= 0.3 is 0 Å². The van der Waals surface area contributed by atoms with Crippen molar-refractivity contribution in [2.45, 2.75) is 38.8 Å². The third kappa shape index (κ3) is 5.85. The van der Waals surface area contributed by atoms with Crippen LogP contribution in [0.5, 0.6) is 0 Å². The predicted octanol–water partition coefficient (Wildman–Crippen LogP) is 0.809. The van der Waals surface area contributed by atoms with E-state index in [9.17, 15) is 4.79 Å². The van der Waals surface area contributed by atoms with Gasteiger partial charge in [0.2, 0.25) is 5.91 Å². The molecule has 2 rings (SSSR count). The standard InChI is InChI=1S/C15H26N4O2/c1-13-10-17-19(11-13)12-15(20)16-6-3-9-21-14-4-7-18(2)8-5-14/h10-11,14H,3-9,12H2,1-2H3,(H,16,20). The van der Waals surface area contributed by atoms with Gasteiger partial charge in [-0.25, -0.2) is 0 Å². The number of piperidine rings is 1. The van der Waals surface area contributed by atoms with Crippen LogP contribution in [0.25, 0.3) is 0 Å². The summed E-state index contributed by atoms with van der Waals surface area (Å²) in [5.74, 6) is -0.00242. The molecule has 1 saturated heterocycles. The maximum atomic E-state index is 11.7. The molecule has 2 heterocycles. The minimum Gasteiger partial charge on any atom is -0.378 e. The Morgan fingerprint density at radius 3 is 2.90 bits per heavy atom. The first-order chi connectivity index (χ1) is 10.1. The molecule has 118 valence electrons. The van der Waals surface area contributed by atoms with Crippen molar-refractivity contribution in [3.05, 3.63) is 18.0 Å². The molecule has 1 aromatic rings. The highest BCUT2D eigenvalue weighted by Gasteiger charge is 2.16. The summed E-state index contributed by atoms with van der Waals surface area (Å²) in [6.07, 6.45) is 7.09. The van der Waals surface area contributed by atoms with Gasteiger partial charge in [-0.3, -0.25) is 9.48 Å². The Morgan fingerprint density at radius 1 is 1.48 bits per heavy atom. The maximum absolute atomic E-state index is 11.7. The zero-order valence-electron chi connectivity index (χ0n) is 13.0. The van der Waals surface area contributed by atoms with Crippen molar-refractivity contribution in [1.29, 1.82) is 0 Å². The largest absolute Gasteiger partial charge is 0.378 e. The molecule has 0 saturated carbocycles. The SMILES string of the molecule is Cc1cnn(CC(=O)NCCCOC2CCN(C)CC2)c1. The second-order valence-corrected chi connectivity index (χ2v) is 5.79. The van der Waals surface area contributed by atoms with Gasteiger partial charge in [-0.15, -0.1) is 0 Å². The maximum Gasteiger partial charge on any atom is 0.241 e. The van der Waals surface area contributed by atoms with E-state index in [1.165, 1.54) is 0 Å². The molecule has 6 nitrogen and oxygen atoms in total. The first-order valence-corrected chi connectivity index (χ1v) is 7.69. The van der Waals surface area contributed by atoms with Gasteiger partial charge in [0, 0.05) is 32.4 Å². The van der Waals surface area contributed by atoms with Gasteiger partial charge in [0.25, 0.3) is 0 Å². The molecule has 0 atom stereocenters. The smallest absolute Gasteiger partial charge is 0.241 e. The highest BCUT2D eigenvalue weighted by Crippen LogP contribution is 2.11. The molecule has 6 heteroatoms. The fourth-order valence-electron chi connectivity index (χ4n) is 2.46. The lowest BCUT2D eigenvalue weighted by molar-refractivity contribution is -0.121. The minimum atomic E-state index is -0.00242. The molecule has 0 bridgehead atoms. The first-order valence-electron chi connectivity index (χ1n) is 7.69. The van der Waals surface area contributed by atoms with E-state index < -0.39 is 0 Å². The summed E-state index contributed by atoms with van der Waals surface area (Å²) in [5.41, 5.74) is 1.06. The number of hydrogen-bond donors (Lipinski definition) is 1. The van der Waals surface area contributed by atoms with E-state index in [0.29, 0.717) is 12.6 Å². The lowest BCUT2D eigenvalue weighted by Gasteiger charge is -2.28. The molecule has 0 aliphatic carbocycles. The Labute approximate surface area is 126 Å². The second-order valence-electron chi connectivity index (χ2n) is 5.79. The van der Waals surface area contributed by atoms with E-state index in [2.05, 4.69) is 22.4 Å². The summed E-state index contributed by atoms with van der Waals surface area (Å²) in [6.45, 7) is 5.85. The van der Waals surface area contributed by atoms with Crippen molar-refractivity contribution in [3.8, 4) is 0 Å². The monoisotopic (exact) mass is 294 g/mol. The van der Waals surface area contributed by atoms with Crippen LogP contribution in [-0.4, -0.2) is 60.0 Å². The lowest BCUT2D eigenvalue weighted by Crippen LogP contribution is -2.34. The molecular weight excluding hydrogens is 268 g/mol. The van der Waals surface area contributed by atoms with Gasteiger partial charge in [-0.05, 0) is 38.8 Å². The van der Waals surface area contributed by atoms with E-state index in [1.807, 2.05) is 13.1 Å². The van der Waals surface area contributed by atoms with E-state index in [4.69, 9.17) is 4.74 Å². The number of likely N-dealkylation sites (tertiary alicyclic amines) is 1. The van der Waals surface area contributed by atoms with Crippen LogP contribution in [0, 0.1) is 6.92 Å². The molecule has 1 aliphatic rings. The Morgan fingerprint density at radius 2 is 2.24 bits per heavy atom. The van der Waals surface area contributed by atoms with E-state index in [1.54, 1.807) is 10.9 Å². The molecule has 0 unspecified atom stereocenters. The predicted molar refractivity (Wildman–Crippen MR) is 81.1 cm³/mol. The van der Waals surface area contributed by atoms with Gasteiger partial charge < -0.3 is 15.0 Å². The molecule has 1 N–H and O–H groups in total. The fourth-order valence-corrected chi connectivity index (χ4v) is 2.46. The van der Waals surface area contributed by atoms with Crippen LogP contribution in [0.1, 0.15) is 24.8 Å². The number of rotatable bonds is 7. The topological polar surface area (TPSA) is 59.4 Å². The average Bonchev–Trinajstić information content (AvgIpc) is 2.86. The van der Waals surface area contributed by atoms with Crippen LogP contribution in [-0.2, 0) is 16.1 Å². The number of carbonyl (C=O) groups is 1. The first kappa shape index (κ1) is 16.0. The number of aryl methyl sites for hydroxylation is 1. The highest BCUT2D eigenvalue weighted by molar-refractivity contribution is 5.75. The second kappa shape index (κ2) is 8.14. The van der Waals surface area contributed by atoms with Gasteiger partial charge in [0.1, 0.15) is 6.54 Å². The number of aromatic nitrogens is 2. The Bertz CT molecular complexity index is 439. The zero-order valence-corrected chi connectivity index (χ0v) is 13.0. The van der Waals surface area contributed by atoms with E-state index in [0.717, 1.165) is 44.5 Å². The summed E-state index contributed by atoms with van der Waals surface area (Å²) in [7, 11) is 2.15. The molecular formula is C15H26N4O2. The van der Waals surface area contributed by atoms with Crippen LogP contribution in [0.4, 0.5) is 0 Å². The average molecular weight is 294 g/mol. The Hall–Kier alpha value is -1.40. The zero-order chi connectivity index (χ0) is 15.1. The van der Waals surface area contributed by atoms with Gasteiger partial charge in [0.15, 0.2) is 0 Å². The van der Waals surface area contributed by atoms with Crippen LogP contribution in [0.15, 0.2) is 12.4 Å².